The van der Waals surface area contributed by atoms with Crippen LogP contribution in [0.3, 0.4) is 0 Å². The molecule has 0 aliphatic heterocycles. The van der Waals surface area contributed by atoms with Crippen LogP contribution in [0.25, 0.3) is 10.9 Å². The van der Waals surface area contributed by atoms with Crippen molar-refractivity contribution in [2.45, 2.75) is 4.90 Å². The molecule has 0 radical (unpaired) electrons. The van der Waals surface area contributed by atoms with Gasteiger partial charge in [0.05, 0.1) is 4.90 Å². The van der Waals surface area contributed by atoms with Gasteiger partial charge in [0.1, 0.15) is 11.3 Å². The van der Waals surface area contributed by atoms with Crippen LogP contribution in [0, 0.1) is 5.82 Å². The first-order chi connectivity index (χ1) is 9.97. The van der Waals surface area contributed by atoms with Gasteiger partial charge in [0.15, 0.2) is 5.82 Å². The number of nitrogens with zero attached hydrogens (tertiary/aromatic N) is 3. The Labute approximate surface area is 120 Å². The van der Waals surface area contributed by atoms with Crippen LogP contribution in [0.4, 0.5) is 10.2 Å². The van der Waals surface area contributed by atoms with E-state index in [4.69, 9.17) is 0 Å². The number of pyridine rings is 1. The predicted molar refractivity (Wildman–Crippen MR) is 75.7 cm³/mol. The van der Waals surface area contributed by atoms with Gasteiger partial charge in [-0.3, -0.25) is 14.4 Å². The van der Waals surface area contributed by atoms with Crippen molar-refractivity contribution in [3.8, 4) is 0 Å². The zero-order valence-corrected chi connectivity index (χ0v) is 11.8. The number of anilines is 1. The molecule has 0 aliphatic rings. The molecule has 21 heavy (non-hydrogen) atoms. The summed E-state index contributed by atoms with van der Waals surface area (Å²) in [6.07, 6.45) is 3.02. The summed E-state index contributed by atoms with van der Waals surface area (Å²) in [5, 5.41) is 4.18. The summed E-state index contributed by atoms with van der Waals surface area (Å²) in [6, 6.07) is 6.90. The minimum atomic E-state index is -3.88. The quantitative estimate of drug-likeness (QED) is 0.802. The zero-order valence-electron chi connectivity index (χ0n) is 11.0. The lowest BCUT2D eigenvalue weighted by Crippen LogP contribution is -2.14. The van der Waals surface area contributed by atoms with Crippen LogP contribution < -0.4 is 4.72 Å². The van der Waals surface area contributed by atoms with E-state index in [2.05, 4.69) is 14.8 Å². The van der Waals surface area contributed by atoms with Crippen molar-refractivity contribution >= 4 is 26.7 Å². The number of hydrogen-bond acceptors (Lipinski definition) is 4. The van der Waals surface area contributed by atoms with Gasteiger partial charge in [-0.2, -0.15) is 5.10 Å². The molecule has 0 unspecified atom stereocenters. The van der Waals surface area contributed by atoms with Gasteiger partial charge in [-0.15, -0.1) is 0 Å². The third-order valence-corrected chi connectivity index (χ3v) is 4.34. The first kappa shape index (κ1) is 13.5. The van der Waals surface area contributed by atoms with E-state index in [-0.39, 0.29) is 21.6 Å². The van der Waals surface area contributed by atoms with Crippen LogP contribution in [0.2, 0.25) is 0 Å². The van der Waals surface area contributed by atoms with E-state index in [0.29, 0.717) is 0 Å². The van der Waals surface area contributed by atoms with Crippen molar-refractivity contribution in [1.82, 2.24) is 14.8 Å². The Bertz CT molecular complexity index is 921. The van der Waals surface area contributed by atoms with E-state index in [1.54, 1.807) is 19.3 Å². The molecular formula is C13H11FN4O2S. The van der Waals surface area contributed by atoms with Crippen molar-refractivity contribution in [2.24, 2.45) is 7.05 Å². The SMILES string of the molecule is Cn1ccc(NS(=O)(=O)c2ccc(F)c3ncccc23)n1. The highest BCUT2D eigenvalue weighted by atomic mass is 32.2. The molecule has 0 saturated carbocycles. The van der Waals surface area contributed by atoms with Crippen molar-refractivity contribution in [1.29, 1.82) is 0 Å². The highest BCUT2D eigenvalue weighted by Crippen LogP contribution is 2.25. The summed E-state index contributed by atoms with van der Waals surface area (Å²) < 4.78 is 42.4. The number of hydrogen-bond donors (Lipinski definition) is 1. The van der Waals surface area contributed by atoms with Gasteiger partial charge >= 0.3 is 0 Å². The highest BCUT2D eigenvalue weighted by molar-refractivity contribution is 7.93. The molecule has 108 valence electrons. The van der Waals surface area contributed by atoms with E-state index in [9.17, 15) is 12.8 Å². The average molecular weight is 306 g/mol. The number of benzene rings is 1. The van der Waals surface area contributed by atoms with Crippen LogP contribution in [0.1, 0.15) is 0 Å². The molecule has 0 spiro atoms. The second-order valence-electron chi connectivity index (χ2n) is 4.43. The molecule has 0 atom stereocenters. The number of aromatic nitrogens is 3. The monoisotopic (exact) mass is 306 g/mol. The lowest BCUT2D eigenvalue weighted by molar-refractivity contribution is 0.601. The average Bonchev–Trinajstić information content (AvgIpc) is 2.83. The fraction of sp³-hybridized carbons (Fsp3) is 0.0769. The Morgan fingerprint density at radius 2 is 2.05 bits per heavy atom. The summed E-state index contributed by atoms with van der Waals surface area (Å²) in [7, 11) is -2.20. The molecule has 0 amide bonds. The van der Waals surface area contributed by atoms with Gasteiger partial charge < -0.3 is 0 Å². The summed E-state index contributed by atoms with van der Waals surface area (Å²) in [4.78, 5) is 3.84. The summed E-state index contributed by atoms with van der Waals surface area (Å²) in [5.41, 5.74) is 0.0152. The number of sulfonamides is 1. The first-order valence-electron chi connectivity index (χ1n) is 6.03. The molecule has 2 heterocycles. The Hall–Kier alpha value is -2.48. The van der Waals surface area contributed by atoms with Gasteiger partial charge in [0, 0.05) is 30.9 Å². The Morgan fingerprint density at radius 3 is 2.76 bits per heavy atom. The van der Waals surface area contributed by atoms with Crippen molar-refractivity contribution in [3.63, 3.8) is 0 Å². The Morgan fingerprint density at radius 1 is 1.24 bits per heavy atom. The molecule has 0 saturated heterocycles. The van der Waals surface area contributed by atoms with E-state index >= 15 is 0 Å². The number of nitrogens with one attached hydrogen (secondary N) is 1. The summed E-state index contributed by atoms with van der Waals surface area (Å²) in [6.45, 7) is 0. The second kappa shape index (κ2) is 4.81. The van der Waals surface area contributed by atoms with Crippen molar-refractivity contribution in [2.75, 3.05) is 4.72 Å². The molecule has 0 bridgehead atoms. The summed E-state index contributed by atoms with van der Waals surface area (Å²) >= 11 is 0. The molecule has 1 aromatic carbocycles. The van der Waals surface area contributed by atoms with Gasteiger partial charge in [0.25, 0.3) is 10.0 Å². The Balaban J connectivity index is 2.13. The molecule has 1 N–H and O–H groups in total. The molecule has 6 nitrogen and oxygen atoms in total. The first-order valence-corrected chi connectivity index (χ1v) is 7.51. The third kappa shape index (κ3) is 2.45. The lowest BCUT2D eigenvalue weighted by Gasteiger charge is -2.08. The maximum atomic E-state index is 13.7. The Kier molecular flexibility index (Phi) is 3.09. The number of halogens is 1. The zero-order chi connectivity index (χ0) is 15.0. The fourth-order valence-electron chi connectivity index (χ4n) is 2.01. The van der Waals surface area contributed by atoms with Crippen LogP contribution >= 0.6 is 0 Å². The van der Waals surface area contributed by atoms with E-state index in [0.717, 1.165) is 6.07 Å². The minimum absolute atomic E-state index is 0.0152. The fourth-order valence-corrected chi connectivity index (χ4v) is 3.20. The molecule has 3 rings (SSSR count). The van der Waals surface area contributed by atoms with Crippen LogP contribution in [0.5, 0.6) is 0 Å². The number of fused-ring (bicyclic) bond motifs is 1. The van der Waals surface area contributed by atoms with Crippen LogP contribution in [0.15, 0.2) is 47.6 Å². The molecule has 0 aliphatic carbocycles. The van der Waals surface area contributed by atoms with Crippen LogP contribution in [-0.2, 0) is 17.1 Å². The smallest absolute Gasteiger partial charge is 0.263 e. The van der Waals surface area contributed by atoms with Crippen molar-refractivity contribution < 1.29 is 12.8 Å². The standard InChI is InChI=1S/C13H11FN4O2S/c1-18-8-6-12(16-18)17-21(19,20)11-5-4-10(14)13-9(11)3-2-7-15-13/h2-8H,1H3,(H,16,17). The maximum Gasteiger partial charge on any atom is 0.263 e. The third-order valence-electron chi connectivity index (χ3n) is 2.92. The topological polar surface area (TPSA) is 76.9 Å². The van der Waals surface area contributed by atoms with E-state index in [1.165, 1.54) is 29.1 Å². The normalized spacial score (nSPS) is 11.7. The van der Waals surface area contributed by atoms with E-state index < -0.39 is 15.8 Å². The highest BCUT2D eigenvalue weighted by Gasteiger charge is 2.20. The van der Waals surface area contributed by atoms with Gasteiger partial charge in [-0.1, -0.05) is 0 Å². The minimum Gasteiger partial charge on any atom is -0.274 e. The molecule has 8 heteroatoms. The predicted octanol–water partition coefficient (Wildman–Crippen LogP) is 1.91. The van der Waals surface area contributed by atoms with Gasteiger partial charge in [-0.05, 0) is 24.3 Å². The largest absolute Gasteiger partial charge is 0.274 e. The maximum absolute atomic E-state index is 13.7. The molecule has 2 aromatic heterocycles. The summed E-state index contributed by atoms with van der Waals surface area (Å²) in [5.74, 6) is -0.374. The second-order valence-corrected chi connectivity index (χ2v) is 6.08. The molecular weight excluding hydrogens is 295 g/mol. The number of rotatable bonds is 3. The van der Waals surface area contributed by atoms with E-state index in [1.807, 2.05) is 0 Å². The van der Waals surface area contributed by atoms with Crippen LogP contribution in [-0.4, -0.2) is 23.2 Å². The molecule has 3 aromatic rings. The van der Waals surface area contributed by atoms with Gasteiger partial charge in [-0.25, -0.2) is 12.8 Å². The number of aryl methyl sites for hydroxylation is 1. The lowest BCUT2D eigenvalue weighted by atomic mass is 10.2. The van der Waals surface area contributed by atoms with Gasteiger partial charge in [0.2, 0.25) is 0 Å². The molecule has 0 fully saturated rings. The van der Waals surface area contributed by atoms with Crippen molar-refractivity contribution in [3.05, 3.63) is 48.5 Å².